The molecule has 0 bridgehead atoms. The number of hydrogen-bond acceptors (Lipinski definition) is 5. The van der Waals surface area contributed by atoms with Crippen molar-refractivity contribution in [3.63, 3.8) is 0 Å². The van der Waals surface area contributed by atoms with Gasteiger partial charge in [0.2, 0.25) is 11.8 Å². The van der Waals surface area contributed by atoms with Gasteiger partial charge in [-0.05, 0) is 62.4 Å². The lowest BCUT2D eigenvalue weighted by Crippen LogP contribution is -2.46. The Morgan fingerprint density at radius 1 is 1.09 bits per heavy atom. The SMILES string of the molecule is CC(C(=O)NCCc1ccc(F)cc1)N(C)CC(=O)Nc1ccc(N2CCOCC2)cc1. The van der Waals surface area contributed by atoms with Crippen LogP contribution in [0.1, 0.15) is 12.5 Å². The fourth-order valence-electron chi connectivity index (χ4n) is 3.47. The van der Waals surface area contributed by atoms with Crippen molar-refractivity contribution in [2.75, 3.05) is 56.7 Å². The summed E-state index contributed by atoms with van der Waals surface area (Å²) in [6.07, 6.45) is 0.614. The average molecular weight is 443 g/mol. The van der Waals surface area contributed by atoms with E-state index in [2.05, 4.69) is 15.5 Å². The molecular weight excluding hydrogens is 411 g/mol. The molecule has 1 fully saturated rings. The summed E-state index contributed by atoms with van der Waals surface area (Å²) in [7, 11) is 1.74. The molecule has 0 saturated carbocycles. The molecule has 1 aliphatic rings. The first-order valence-corrected chi connectivity index (χ1v) is 10.9. The van der Waals surface area contributed by atoms with Crippen LogP contribution >= 0.6 is 0 Å². The summed E-state index contributed by atoms with van der Waals surface area (Å²) in [5.41, 5.74) is 2.78. The third-order valence-corrected chi connectivity index (χ3v) is 5.59. The smallest absolute Gasteiger partial charge is 0.238 e. The highest BCUT2D eigenvalue weighted by atomic mass is 19.1. The maximum atomic E-state index is 13.0. The molecule has 2 amide bonds. The van der Waals surface area contributed by atoms with Crippen LogP contribution in [0, 0.1) is 5.82 Å². The van der Waals surface area contributed by atoms with Gasteiger partial charge in [0, 0.05) is 31.0 Å². The van der Waals surface area contributed by atoms with Gasteiger partial charge in [0.15, 0.2) is 0 Å². The minimum atomic E-state index is -0.460. The van der Waals surface area contributed by atoms with Crippen LogP contribution in [0.15, 0.2) is 48.5 Å². The highest BCUT2D eigenvalue weighted by molar-refractivity contribution is 5.93. The Kier molecular flexibility index (Phi) is 8.58. The number of rotatable bonds is 9. The highest BCUT2D eigenvalue weighted by Crippen LogP contribution is 2.19. The standard InChI is InChI=1S/C24H31FN4O3/c1-18(24(31)26-12-11-19-3-5-20(25)6-4-19)28(2)17-23(30)27-21-7-9-22(10-8-21)29-13-15-32-16-14-29/h3-10,18H,11-17H2,1-2H3,(H,26,31)(H,27,30). The van der Waals surface area contributed by atoms with Crippen molar-refractivity contribution in [3.05, 3.63) is 59.9 Å². The summed E-state index contributed by atoms with van der Waals surface area (Å²) in [6.45, 7) is 5.48. The fraction of sp³-hybridized carbons (Fsp3) is 0.417. The second kappa shape index (κ2) is 11.6. The van der Waals surface area contributed by atoms with E-state index in [1.54, 1.807) is 31.0 Å². The molecule has 1 atom stereocenters. The second-order valence-electron chi connectivity index (χ2n) is 7.95. The highest BCUT2D eigenvalue weighted by Gasteiger charge is 2.20. The summed E-state index contributed by atoms with van der Waals surface area (Å²) in [6, 6.07) is 13.5. The van der Waals surface area contributed by atoms with Crippen molar-refractivity contribution in [3.8, 4) is 0 Å². The van der Waals surface area contributed by atoms with Crippen molar-refractivity contribution in [1.29, 1.82) is 0 Å². The van der Waals surface area contributed by atoms with Gasteiger partial charge in [0.1, 0.15) is 5.82 Å². The van der Waals surface area contributed by atoms with Crippen LogP contribution in [0.25, 0.3) is 0 Å². The number of amides is 2. The second-order valence-corrected chi connectivity index (χ2v) is 7.95. The molecule has 1 unspecified atom stereocenters. The van der Waals surface area contributed by atoms with Gasteiger partial charge in [-0.3, -0.25) is 14.5 Å². The molecule has 1 saturated heterocycles. The van der Waals surface area contributed by atoms with Crippen LogP contribution in [0.5, 0.6) is 0 Å². The summed E-state index contributed by atoms with van der Waals surface area (Å²) in [5, 5.41) is 5.75. The lowest BCUT2D eigenvalue weighted by Gasteiger charge is -2.29. The van der Waals surface area contributed by atoms with Crippen molar-refractivity contribution < 1.29 is 18.7 Å². The van der Waals surface area contributed by atoms with Crippen molar-refractivity contribution in [2.45, 2.75) is 19.4 Å². The monoisotopic (exact) mass is 442 g/mol. The van der Waals surface area contributed by atoms with Gasteiger partial charge in [0.25, 0.3) is 0 Å². The Bertz CT molecular complexity index is 883. The Balaban J connectivity index is 1.40. The van der Waals surface area contributed by atoms with Gasteiger partial charge in [-0.1, -0.05) is 12.1 Å². The van der Waals surface area contributed by atoms with E-state index in [1.807, 2.05) is 24.3 Å². The Morgan fingerprint density at radius 3 is 2.41 bits per heavy atom. The van der Waals surface area contributed by atoms with E-state index in [-0.39, 0.29) is 24.2 Å². The third-order valence-electron chi connectivity index (χ3n) is 5.59. The van der Waals surface area contributed by atoms with Gasteiger partial charge in [0.05, 0.1) is 25.8 Å². The number of halogens is 1. The van der Waals surface area contributed by atoms with E-state index < -0.39 is 6.04 Å². The van der Waals surface area contributed by atoms with Crippen LogP contribution in [-0.2, 0) is 20.7 Å². The first-order valence-electron chi connectivity index (χ1n) is 10.9. The van der Waals surface area contributed by atoms with Gasteiger partial charge < -0.3 is 20.3 Å². The fourth-order valence-corrected chi connectivity index (χ4v) is 3.47. The topological polar surface area (TPSA) is 73.9 Å². The van der Waals surface area contributed by atoms with Gasteiger partial charge in [-0.15, -0.1) is 0 Å². The molecule has 0 radical (unpaired) electrons. The molecule has 2 N–H and O–H groups in total. The molecule has 3 rings (SSSR count). The summed E-state index contributed by atoms with van der Waals surface area (Å²) in [5.74, 6) is -0.616. The average Bonchev–Trinajstić information content (AvgIpc) is 2.80. The number of nitrogens with zero attached hydrogens (tertiary/aromatic N) is 2. The normalized spacial score (nSPS) is 14.8. The number of likely N-dealkylation sites (N-methyl/N-ethyl adjacent to an activating group) is 1. The summed E-state index contributed by atoms with van der Waals surface area (Å²) < 4.78 is 18.3. The molecule has 2 aromatic rings. The van der Waals surface area contributed by atoms with Crippen LogP contribution < -0.4 is 15.5 Å². The van der Waals surface area contributed by atoms with Crippen LogP contribution in [-0.4, -0.2) is 69.2 Å². The van der Waals surface area contributed by atoms with E-state index in [0.717, 1.165) is 43.2 Å². The van der Waals surface area contributed by atoms with Crippen molar-refractivity contribution in [2.24, 2.45) is 0 Å². The Labute approximate surface area is 188 Å². The van der Waals surface area contributed by atoms with E-state index in [1.165, 1.54) is 12.1 Å². The van der Waals surface area contributed by atoms with Crippen molar-refractivity contribution in [1.82, 2.24) is 10.2 Å². The first-order chi connectivity index (χ1) is 15.4. The number of anilines is 2. The maximum Gasteiger partial charge on any atom is 0.238 e. The van der Waals surface area contributed by atoms with E-state index in [9.17, 15) is 14.0 Å². The molecule has 0 spiro atoms. The molecule has 32 heavy (non-hydrogen) atoms. The number of hydrogen-bond donors (Lipinski definition) is 2. The summed E-state index contributed by atoms with van der Waals surface area (Å²) in [4.78, 5) is 28.8. The van der Waals surface area contributed by atoms with Crippen LogP contribution in [0.3, 0.4) is 0 Å². The molecule has 0 aromatic heterocycles. The first kappa shape index (κ1) is 23.7. The minimum absolute atomic E-state index is 0.0950. The van der Waals surface area contributed by atoms with Crippen LogP contribution in [0.2, 0.25) is 0 Å². The van der Waals surface area contributed by atoms with E-state index >= 15 is 0 Å². The Hall–Kier alpha value is -2.97. The van der Waals surface area contributed by atoms with Crippen molar-refractivity contribution >= 4 is 23.2 Å². The molecule has 7 nitrogen and oxygen atoms in total. The quantitative estimate of drug-likeness (QED) is 0.623. The molecule has 1 heterocycles. The molecule has 172 valence electrons. The minimum Gasteiger partial charge on any atom is -0.378 e. The number of benzene rings is 2. The number of carbonyl (C=O) groups is 2. The number of carbonyl (C=O) groups excluding carboxylic acids is 2. The zero-order valence-electron chi connectivity index (χ0n) is 18.6. The zero-order chi connectivity index (χ0) is 22.9. The van der Waals surface area contributed by atoms with Crippen LogP contribution in [0.4, 0.5) is 15.8 Å². The van der Waals surface area contributed by atoms with E-state index in [0.29, 0.717) is 13.0 Å². The lowest BCUT2D eigenvalue weighted by molar-refractivity contribution is -0.126. The molecule has 0 aliphatic carbocycles. The Morgan fingerprint density at radius 2 is 1.75 bits per heavy atom. The largest absolute Gasteiger partial charge is 0.378 e. The van der Waals surface area contributed by atoms with Gasteiger partial charge >= 0.3 is 0 Å². The molecule has 2 aromatic carbocycles. The molecular formula is C24H31FN4O3. The third kappa shape index (κ3) is 7.03. The van der Waals surface area contributed by atoms with Gasteiger partial charge in [-0.25, -0.2) is 4.39 Å². The predicted molar refractivity (Wildman–Crippen MR) is 123 cm³/mol. The molecule has 8 heteroatoms. The number of morpholine rings is 1. The summed E-state index contributed by atoms with van der Waals surface area (Å²) >= 11 is 0. The number of nitrogens with one attached hydrogen (secondary N) is 2. The van der Waals surface area contributed by atoms with E-state index in [4.69, 9.17) is 4.74 Å². The van der Waals surface area contributed by atoms with Gasteiger partial charge in [-0.2, -0.15) is 0 Å². The maximum absolute atomic E-state index is 13.0. The predicted octanol–water partition coefficient (Wildman–Crippen LogP) is 2.28. The zero-order valence-corrected chi connectivity index (χ0v) is 18.6. The lowest BCUT2D eigenvalue weighted by atomic mass is 10.1. The molecule has 1 aliphatic heterocycles. The number of ether oxygens (including phenoxy) is 1.